The fourth-order valence-electron chi connectivity index (χ4n) is 3.54. The van der Waals surface area contributed by atoms with Crippen LogP contribution in [0.4, 0.5) is 0 Å². The highest BCUT2D eigenvalue weighted by Gasteiger charge is 2.30. The lowest BCUT2D eigenvalue weighted by molar-refractivity contribution is 0.169. The molecular formula is C19H24ClNO. The lowest BCUT2D eigenvalue weighted by Gasteiger charge is -2.38. The predicted molar refractivity (Wildman–Crippen MR) is 93.9 cm³/mol. The number of aromatic hydroxyl groups is 1. The molecule has 0 amide bonds. The van der Waals surface area contributed by atoms with E-state index < -0.39 is 0 Å². The van der Waals surface area contributed by atoms with Crippen LogP contribution >= 0.6 is 12.4 Å². The van der Waals surface area contributed by atoms with Gasteiger partial charge in [-0.05, 0) is 49.7 Å². The van der Waals surface area contributed by atoms with E-state index in [1.807, 2.05) is 12.1 Å². The molecule has 0 saturated carbocycles. The van der Waals surface area contributed by atoms with Crippen LogP contribution in [0.15, 0.2) is 54.6 Å². The summed E-state index contributed by atoms with van der Waals surface area (Å²) in [6.07, 6.45) is 3.79. The van der Waals surface area contributed by atoms with Gasteiger partial charge in [-0.15, -0.1) is 12.4 Å². The van der Waals surface area contributed by atoms with Crippen LogP contribution in [0.1, 0.15) is 36.3 Å². The van der Waals surface area contributed by atoms with Gasteiger partial charge in [0, 0.05) is 12.0 Å². The Morgan fingerprint density at radius 3 is 2.41 bits per heavy atom. The second-order valence-corrected chi connectivity index (χ2v) is 6.03. The number of nitrogens with zero attached hydrogens (tertiary/aromatic N) is 1. The second-order valence-electron chi connectivity index (χ2n) is 6.03. The highest BCUT2D eigenvalue weighted by molar-refractivity contribution is 5.85. The first-order chi connectivity index (χ1) is 10.3. The Labute approximate surface area is 139 Å². The Kier molecular flexibility index (Phi) is 5.87. The van der Waals surface area contributed by atoms with E-state index in [1.54, 1.807) is 6.07 Å². The molecule has 0 aliphatic carbocycles. The van der Waals surface area contributed by atoms with Crippen LogP contribution in [0, 0.1) is 0 Å². The van der Waals surface area contributed by atoms with Gasteiger partial charge in [0.2, 0.25) is 0 Å². The quantitative estimate of drug-likeness (QED) is 0.905. The van der Waals surface area contributed by atoms with E-state index in [4.69, 9.17) is 0 Å². The summed E-state index contributed by atoms with van der Waals surface area (Å²) in [7, 11) is 2.22. The fourth-order valence-corrected chi connectivity index (χ4v) is 3.54. The van der Waals surface area contributed by atoms with E-state index in [-0.39, 0.29) is 12.4 Å². The Balaban J connectivity index is 0.00000176. The van der Waals surface area contributed by atoms with Crippen molar-refractivity contribution >= 4 is 12.4 Å². The third-order valence-corrected chi connectivity index (χ3v) is 4.60. The van der Waals surface area contributed by atoms with Crippen LogP contribution in [0.3, 0.4) is 0 Å². The minimum atomic E-state index is 0. The van der Waals surface area contributed by atoms with Gasteiger partial charge in [0.1, 0.15) is 5.75 Å². The van der Waals surface area contributed by atoms with Crippen molar-refractivity contribution in [3.63, 3.8) is 0 Å². The molecule has 3 heteroatoms. The summed E-state index contributed by atoms with van der Waals surface area (Å²) in [5, 5.41) is 9.86. The Hall–Kier alpha value is -1.51. The van der Waals surface area contributed by atoms with Crippen LogP contribution in [0.2, 0.25) is 0 Å². The van der Waals surface area contributed by atoms with Gasteiger partial charge in [-0.3, -0.25) is 0 Å². The Bertz CT molecular complexity index is 587. The van der Waals surface area contributed by atoms with Gasteiger partial charge in [-0.2, -0.15) is 0 Å². The first-order valence-corrected chi connectivity index (χ1v) is 7.80. The summed E-state index contributed by atoms with van der Waals surface area (Å²) in [4.78, 5) is 2.48. The average molecular weight is 318 g/mol. The van der Waals surface area contributed by atoms with E-state index in [1.165, 1.54) is 30.4 Å². The molecule has 2 atom stereocenters. The predicted octanol–water partition coefficient (Wildman–Crippen LogP) is 4.43. The molecule has 1 saturated heterocycles. The van der Waals surface area contributed by atoms with Crippen molar-refractivity contribution in [1.82, 2.24) is 4.90 Å². The number of halogens is 1. The van der Waals surface area contributed by atoms with E-state index in [2.05, 4.69) is 48.3 Å². The smallest absolute Gasteiger partial charge is 0.115 e. The molecular weight excluding hydrogens is 294 g/mol. The highest BCUT2D eigenvalue weighted by atomic mass is 35.5. The zero-order valence-electron chi connectivity index (χ0n) is 13.0. The molecule has 0 bridgehead atoms. The summed E-state index contributed by atoms with van der Waals surface area (Å²) in [5.74, 6) is 0.676. The molecule has 1 N–H and O–H groups in total. The van der Waals surface area contributed by atoms with Crippen molar-refractivity contribution in [3.05, 3.63) is 65.7 Å². The zero-order chi connectivity index (χ0) is 14.7. The number of phenols is 1. The van der Waals surface area contributed by atoms with Gasteiger partial charge in [0.15, 0.2) is 0 Å². The standard InChI is InChI=1S/C19H23NO.ClH/c1-20-13-6-5-12-18(20)19(15-8-3-2-4-9-15)16-10-7-11-17(21)14-16;/h2-4,7-11,14,18-19,21H,5-6,12-13H2,1H3;1H. The van der Waals surface area contributed by atoms with Crippen LogP contribution < -0.4 is 0 Å². The minimum absolute atomic E-state index is 0. The number of phenolic OH excluding ortho intramolecular Hbond substituents is 1. The topological polar surface area (TPSA) is 23.5 Å². The Morgan fingerprint density at radius 1 is 1.00 bits per heavy atom. The summed E-state index contributed by atoms with van der Waals surface area (Å²) in [5.41, 5.74) is 2.54. The van der Waals surface area contributed by atoms with Crippen LogP contribution in [0.5, 0.6) is 5.75 Å². The fraction of sp³-hybridized carbons (Fsp3) is 0.368. The van der Waals surface area contributed by atoms with Crippen LogP contribution in [-0.2, 0) is 0 Å². The molecule has 1 aliphatic rings. The van der Waals surface area contributed by atoms with E-state index in [0.29, 0.717) is 17.7 Å². The number of benzene rings is 2. The maximum atomic E-state index is 9.86. The van der Waals surface area contributed by atoms with Crippen molar-refractivity contribution in [2.45, 2.75) is 31.2 Å². The Morgan fingerprint density at radius 2 is 1.73 bits per heavy atom. The zero-order valence-corrected chi connectivity index (χ0v) is 13.8. The van der Waals surface area contributed by atoms with E-state index in [0.717, 1.165) is 6.54 Å². The largest absolute Gasteiger partial charge is 0.508 e. The van der Waals surface area contributed by atoms with Crippen molar-refractivity contribution in [3.8, 4) is 5.75 Å². The van der Waals surface area contributed by atoms with Gasteiger partial charge in [0.25, 0.3) is 0 Å². The first kappa shape index (κ1) is 16.9. The molecule has 2 aromatic carbocycles. The van der Waals surface area contributed by atoms with Crippen LogP contribution in [-0.4, -0.2) is 29.6 Å². The van der Waals surface area contributed by atoms with E-state index >= 15 is 0 Å². The SMILES string of the molecule is CN1CCCCC1C(c1ccccc1)c1cccc(O)c1.Cl. The number of rotatable bonds is 3. The summed E-state index contributed by atoms with van der Waals surface area (Å²) in [6, 6.07) is 18.9. The second kappa shape index (κ2) is 7.66. The number of likely N-dealkylation sites (tertiary alicyclic amines) is 1. The first-order valence-electron chi connectivity index (χ1n) is 7.80. The average Bonchev–Trinajstić information content (AvgIpc) is 2.51. The van der Waals surface area contributed by atoms with E-state index in [9.17, 15) is 5.11 Å². The van der Waals surface area contributed by atoms with Gasteiger partial charge in [-0.25, -0.2) is 0 Å². The van der Waals surface area contributed by atoms with Gasteiger partial charge in [-0.1, -0.05) is 48.9 Å². The van der Waals surface area contributed by atoms with Crippen molar-refractivity contribution < 1.29 is 5.11 Å². The number of likely N-dealkylation sites (N-methyl/N-ethyl adjacent to an activating group) is 1. The molecule has 2 aromatic rings. The molecule has 1 heterocycles. The van der Waals surface area contributed by atoms with Crippen molar-refractivity contribution in [2.24, 2.45) is 0 Å². The summed E-state index contributed by atoms with van der Waals surface area (Å²) >= 11 is 0. The summed E-state index contributed by atoms with van der Waals surface area (Å²) in [6.45, 7) is 1.16. The molecule has 2 unspecified atom stereocenters. The minimum Gasteiger partial charge on any atom is -0.508 e. The van der Waals surface area contributed by atoms with Gasteiger partial charge >= 0.3 is 0 Å². The van der Waals surface area contributed by atoms with Gasteiger partial charge in [0.05, 0.1) is 0 Å². The molecule has 2 nitrogen and oxygen atoms in total. The summed E-state index contributed by atoms with van der Waals surface area (Å²) < 4.78 is 0. The highest BCUT2D eigenvalue weighted by Crippen LogP contribution is 2.36. The number of piperidine rings is 1. The van der Waals surface area contributed by atoms with Crippen molar-refractivity contribution in [1.29, 1.82) is 0 Å². The lowest BCUT2D eigenvalue weighted by atomic mass is 9.80. The van der Waals surface area contributed by atoms with Gasteiger partial charge < -0.3 is 10.0 Å². The molecule has 1 aliphatic heterocycles. The number of hydrogen-bond acceptors (Lipinski definition) is 2. The maximum Gasteiger partial charge on any atom is 0.115 e. The lowest BCUT2D eigenvalue weighted by Crippen LogP contribution is -2.40. The molecule has 1 fully saturated rings. The number of hydrogen-bond donors (Lipinski definition) is 1. The van der Waals surface area contributed by atoms with Crippen molar-refractivity contribution in [2.75, 3.05) is 13.6 Å². The maximum absolute atomic E-state index is 9.86. The normalized spacial score (nSPS) is 20.1. The molecule has 0 spiro atoms. The molecule has 0 aromatic heterocycles. The third-order valence-electron chi connectivity index (χ3n) is 4.60. The third kappa shape index (κ3) is 3.63. The monoisotopic (exact) mass is 317 g/mol. The van der Waals surface area contributed by atoms with Crippen LogP contribution in [0.25, 0.3) is 0 Å². The molecule has 3 rings (SSSR count). The molecule has 22 heavy (non-hydrogen) atoms. The molecule has 118 valence electrons. The molecule has 0 radical (unpaired) electrons.